The average molecular weight is 819 g/mol. The number of aliphatic hydroxyl groups is 1. The number of H-pyrrole nitrogens is 1. The van der Waals surface area contributed by atoms with Crippen LogP contribution in [0.4, 0.5) is 16.2 Å². The first-order chi connectivity index (χ1) is 28.9. The van der Waals surface area contributed by atoms with Gasteiger partial charge < -0.3 is 49.3 Å². The maximum absolute atomic E-state index is 13.4. The van der Waals surface area contributed by atoms with Crippen LogP contribution >= 0.6 is 0 Å². The van der Waals surface area contributed by atoms with Crippen LogP contribution < -0.4 is 31.0 Å². The number of phenolic OH excluding ortho intramolecular Hbond substituents is 1. The van der Waals surface area contributed by atoms with Gasteiger partial charge >= 0.3 is 6.09 Å². The summed E-state index contributed by atoms with van der Waals surface area (Å²) in [7, 11) is 6.03. The standard InChI is InChI=1S/C46H51N5O9/c1-5-58-40-21-28(20-39(57-4)33(40)24-47-25-38(53)31-14-16-37(52)43-32(31)15-18-42(55)50-43)48-41(54)17-12-26-11-13-30(27-9-7-6-8-10-27)34(19-26)49-46(56)59-29-22-35-44-45(60-44)36(23-29)51(35,2)3/h6-11,13-16,18-21,29,35-36,38,44-45,47,53H,5,12,17,22-25H2,1-4H3,(H3-,48,49,50,52,54,55,56)/p+1/t29?,35-,36+,38-,44-,45+/m0/s1. The zero-order valence-electron chi connectivity index (χ0n) is 34.2. The fourth-order valence-electron chi connectivity index (χ4n) is 9.12. The number of methoxy groups -OCH3 is 1. The van der Waals surface area contributed by atoms with Gasteiger partial charge in [-0.3, -0.25) is 14.9 Å². The smallest absolute Gasteiger partial charge is 0.411 e. The van der Waals surface area contributed by atoms with Gasteiger partial charge in [0.05, 0.1) is 50.7 Å². The highest BCUT2D eigenvalue weighted by atomic mass is 16.6. The molecule has 14 nitrogen and oxygen atoms in total. The largest absolute Gasteiger partial charge is 0.506 e. The highest BCUT2D eigenvalue weighted by Gasteiger charge is 2.70. The monoisotopic (exact) mass is 818 g/mol. The molecule has 4 heterocycles. The average Bonchev–Trinajstić information content (AvgIpc) is 4.00. The molecule has 2 bridgehead atoms. The summed E-state index contributed by atoms with van der Waals surface area (Å²) >= 11 is 0. The Hall–Kier alpha value is -5.93. The van der Waals surface area contributed by atoms with Crippen LogP contribution in [0.1, 0.15) is 49.0 Å². The molecule has 6 atom stereocenters. The maximum Gasteiger partial charge on any atom is 0.411 e. The Morgan fingerprint density at radius 1 is 0.950 bits per heavy atom. The van der Waals surface area contributed by atoms with Crippen LogP contribution in [-0.4, -0.2) is 96.4 Å². The van der Waals surface area contributed by atoms with Gasteiger partial charge in [-0.05, 0) is 48.2 Å². The minimum Gasteiger partial charge on any atom is -0.506 e. The zero-order chi connectivity index (χ0) is 42.1. The first kappa shape index (κ1) is 40.8. The van der Waals surface area contributed by atoms with E-state index in [0.29, 0.717) is 64.5 Å². The van der Waals surface area contributed by atoms with E-state index >= 15 is 0 Å². The summed E-state index contributed by atoms with van der Waals surface area (Å²) in [5.41, 5.74) is 4.93. The molecule has 3 aliphatic rings. The third-order valence-electron chi connectivity index (χ3n) is 12.2. The summed E-state index contributed by atoms with van der Waals surface area (Å²) in [6, 6.07) is 25.8. The van der Waals surface area contributed by atoms with Crippen LogP contribution in [0.15, 0.2) is 89.7 Å². The number of aromatic nitrogens is 1. The number of nitrogens with zero attached hydrogens (tertiary/aromatic N) is 1. The molecular weight excluding hydrogens is 767 g/mol. The normalized spacial score (nSPS) is 21.4. The molecule has 3 fully saturated rings. The number of quaternary nitrogens is 1. The van der Waals surface area contributed by atoms with Gasteiger partial charge in [-0.2, -0.15) is 0 Å². The van der Waals surface area contributed by atoms with Crippen molar-refractivity contribution in [2.75, 3.05) is 45.0 Å². The molecule has 3 saturated heterocycles. The van der Waals surface area contributed by atoms with Gasteiger partial charge in [0.15, 0.2) is 0 Å². The van der Waals surface area contributed by atoms with E-state index in [1.807, 2.05) is 55.5 Å². The van der Waals surface area contributed by atoms with Gasteiger partial charge in [-0.1, -0.05) is 48.5 Å². The Morgan fingerprint density at radius 2 is 1.70 bits per heavy atom. The Morgan fingerprint density at radius 3 is 2.43 bits per heavy atom. The number of rotatable bonds is 15. The van der Waals surface area contributed by atoms with Crippen LogP contribution in [0.3, 0.4) is 0 Å². The van der Waals surface area contributed by atoms with E-state index in [-0.39, 0.29) is 60.6 Å². The number of nitrogens with one attached hydrogen (secondary N) is 4. The molecule has 1 aromatic heterocycles. The number of hydrogen-bond donors (Lipinski definition) is 6. The number of phenols is 1. The number of likely N-dealkylation sites (N-methyl/N-ethyl adjacent to an activating group) is 1. The predicted octanol–water partition coefficient (Wildman–Crippen LogP) is 6.01. The minimum atomic E-state index is -0.959. The van der Waals surface area contributed by atoms with Crippen molar-refractivity contribution in [2.45, 2.75) is 75.7 Å². The lowest BCUT2D eigenvalue weighted by Gasteiger charge is -2.45. The van der Waals surface area contributed by atoms with Crippen molar-refractivity contribution in [3.05, 3.63) is 112 Å². The quantitative estimate of drug-likeness (QED) is 0.0541. The number of piperidine rings is 1. The Balaban J connectivity index is 0.907. The van der Waals surface area contributed by atoms with Crippen LogP contribution in [0, 0.1) is 0 Å². The predicted molar refractivity (Wildman–Crippen MR) is 227 cm³/mol. The fourth-order valence-corrected chi connectivity index (χ4v) is 9.12. The maximum atomic E-state index is 13.4. The Bertz CT molecular complexity index is 2440. The van der Waals surface area contributed by atoms with Crippen molar-refractivity contribution in [3.8, 4) is 28.4 Å². The van der Waals surface area contributed by atoms with E-state index in [9.17, 15) is 24.6 Å². The van der Waals surface area contributed by atoms with Crippen molar-refractivity contribution in [3.63, 3.8) is 0 Å². The summed E-state index contributed by atoms with van der Waals surface area (Å²) in [6.07, 6.45) is 1.02. The zero-order valence-corrected chi connectivity index (χ0v) is 34.2. The summed E-state index contributed by atoms with van der Waals surface area (Å²) in [4.78, 5) is 41.2. The molecule has 2 amide bonds. The number of amides is 2. The van der Waals surface area contributed by atoms with Crippen molar-refractivity contribution < 1.29 is 43.2 Å². The highest BCUT2D eigenvalue weighted by Crippen LogP contribution is 2.51. The van der Waals surface area contributed by atoms with Gasteiger partial charge in [-0.25, -0.2) is 4.79 Å². The molecule has 60 heavy (non-hydrogen) atoms. The van der Waals surface area contributed by atoms with Crippen LogP contribution in [0.2, 0.25) is 0 Å². The number of ether oxygens (including phenoxy) is 4. The van der Waals surface area contributed by atoms with Crippen molar-refractivity contribution in [1.82, 2.24) is 10.3 Å². The third-order valence-corrected chi connectivity index (χ3v) is 12.2. The molecule has 14 heteroatoms. The third kappa shape index (κ3) is 8.41. The summed E-state index contributed by atoms with van der Waals surface area (Å²) in [5, 5.41) is 31.1. The molecule has 5 aromatic rings. The lowest BCUT2D eigenvalue weighted by atomic mass is 9.96. The van der Waals surface area contributed by atoms with Crippen LogP contribution in [0.25, 0.3) is 22.0 Å². The number of epoxide rings is 1. The van der Waals surface area contributed by atoms with E-state index in [2.05, 4.69) is 35.0 Å². The molecule has 0 radical (unpaired) electrons. The van der Waals surface area contributed by atoms with E-state index < -0.39 is 12.2 Å². The Kier molecular flexibility index (Phi) is 11.6. The van der Waals surface area contributed by atoms with Gasteiger partial charge in [-0.15, -0.1) is 0 Å². The molecule has 1 unspecified atom stereocenters. The van der Waals surface area contributed by atoms with Gasteiger partial charge in [0.1, 0.15) is 47.6 Å². The SMILES string of the molecule is CCOc1cc(NC(=O)CCc2ccc(-c3ccccc3)c(NC(=O)OC3C[C@@H]4[C@H]5O[C@H]5[C@H](C3)[N+]4(C)C)c2)cc(OC)c1CNC[C@H](O)c1ccc(O)c2[nH]c(=O)ccc12. The van der Waals surface area contributed by atoms with E-state index in [0.717, 1.165) is 34.0 Å². The first-order valence-electron chi connectivity index (χ1n) is 20.5. The number of carbonyl (C=O) groups is 2. The van der Waals surface area contributed by atoms with Gasteiger partial charge in [0, 0.05) is 67.2 Å². The van der Waals surface area contributed by atoms with Crippen LogP contribution in [0.5, 0.6) is 17.2 Å². The molecule has 0 spiro atoms. The number of aromatic hydroxyl groups is 1. The number of pyridine rings is 1. The van der Waals surface area contributed by atoms with Crippen molar-refractivity contribution >= 4 is 34.3 Å². The fraction of sp³-hybridized carbons (Fsp3) is 0.370. The topological polar surface area (TPSA) is 184 Å². The number of aryl methyl sites for hydroxylation is 1. The summed E-state index contributed by atoms with van der Waals surface area (Å²) in [5.74, 6) is 0.695. The number of hydrogen-bond acceptors (Lipinski definition) is 10. The first-order valence-corrected chi connectivity index (χ1v) is 20.5. The summed E-state index contributed by atoms with van der Waals surface area (Å²) in [6.45, 7) is 2.65. The molecular formula is C46H52N5O9+. The Labute approximate surface area is 348 Å². The molecule has 0 aliphatic carbocycles. The second-order valence-corrected chi connectivity index (χ2v) is 16.3. The minimum absolute atomic E-state index is 0.0831. The lowest BCUT2D eigenvalue weighted by molar-refractivity contribution is -0.938. The summed E-state index contributed by atoms with van der Waals surface area (Å²) < 4.78 is 24.5. The lowest BCUT2D eigenvalue weighted by Crippen LogP contribution is -2.60. The molecule has 6 N–H and O–H groups in total. The number of aromatic amines is 1. The van der Waals surface area contributed by atoms with Crippen LogP contribution in [-0.2, 0) is 27.2 Å². The molecule has 0 saturated carbocycles. The second-order valence-electron chi connectivity index (χ2n) is 16.3. The van der Waals surface area contributed by atoms with Crippen molar-refractivity contribution in [2.24, 2.45) is 0 Å². The van der Waals surface area contributed by atoms with E-state index in [1.54, 1.807) is 24.3 Å². The van der Waals surface area contributed by atoms with Gasteiger partial charge in [0.25, 0.3) is 0 Å². The molecule has 3 aliphatic heterocycles. The second kappa shape index (κ2) is 17.0. The number of fused-ring (bicyclic) bond motifs is 6. The molecule has 4 aromatic carbocycles. The number of anilines is 2. The van der Waals surface area contributed by atoms with Gasteiger partial charge in [0.2, 0.25) is 11.5 Å². The number of carbonyl (C=O) groups excluding carboxylic acids is 2. The number of morpholine rings is 1. The van der Waals surface area contributed by atoms with E-state index in [4.69, 9.17) is 18.9 Å². The number of benzene rings is 4. The van der Waals surface area contributed by atoms with Crippen molar-refractivity contribution in [1.29, 1.82) is 0 Å². The van der Waals surface area contributed by atoms with E-state index in [1.165, 1.54) is 19.2 Å². The highest BCUT2D eigenvalue weighted by molar-refractivity contribution is 5.93. The molecule has 8 rings (SSSR count). The number of aliphatic hydroxyl groups excluding tert-OH is 1. The molecule has 314 valence electrons.